The number of ether oxygens (including phenoxy) is 1. The van der Waals surface area contributed by atoms with Crippen LogP contribution in [0.3, 0.4) is 0 Å². The minimum atomic E-state index is -0.356. The van der Waals surface area contributed by atoms with Crippen LogP contribution in [-0.2, 0) is 11.3 Å². The summed E-state index contributed by atoms with van der Waals surface area (Å²) in [7, 11) is 1.37. The van der Waals surface area contributed by atoms with Crippen LogP contribution in [0.5, 0.6) is 0 Å². The van der Waals surface area contributed by atoms with Crippen LogP contribution in [0.4, 0.5) is 0 Å². The molecule has 0 fully saturated rings. The lowest BCUT2D eigenvalue weighted by molar-refractivity contribution is 0.0599. The molecule has 0 aromatic heterocycles. The van der Waals surface area contributed by atoms with E-state index < -0.39 is 0 Å². The molecular formula is C18H21N3O2S. The zero-order valence-corrected chi connectivity index (χ0v) is 14.5. The van der Waals surface area contributed by atoms with Gasteiger partial charge in [-0.25, -0.2) is 10.2 Å². The molecule has 0 amide bonds. The summed E-state index contributed by atoms with van der Waals surface area (Å²) in [4.78, 5) is 11.7. The number of carbonyl (C=O) groups excluding carboxylic acids is 1. The molecule has 0 bridgehead atoms. The van der Waals surface area contributed by atoms with E-state index in [1.54, 1.807) is 12.1 Å². The van der Waals surface area contributed by atoms with Crippen molar-refractivity contribution in [1.82, 2.24) is 16.2 Å². The van der Waals surface area contributed by atoms with E-state index in [9.17, 15) is 4.79 Å². The third-order valence-electron chi connectivity index (χ3n) is 3.55. The quantitative estimate of drug-likeness (QED) is 0.426. The van der Waals surface area contributed by atoms with Crippen molar-refractivity contribution in [3.8, 4) is 0 Å². The molecule has 2 aromatic carbocycles. The van der Waals surface area contributed by atoms with Gasteiger partial charge in [-0.15, -0.1) is 0 Å². The van der Waals surface area contributed by atoms with Gasteiger partial charge in [0, 0.05) is 6.54 Å². The van der Waals surface area contributed by atoms with Gasteiger partial charge >= 0.3 is 5.97 Å². The first-order chi connectivity index (χ1) is 11.6. The SMILES string of the molecule is COC(=O)c1ccccc1CNNC(=S)N[C@H](C)c1ccccc1. The zero-order chi connectivity index (χ0) is 17.4. The summed E-state index contributed by atoms with van der Waals surface area (Å²) in [5.41, 5.74) is 8.46. The van der Waals surface area contributed by atoms with Crippen molar-refractivity contribution >= 4 is 23.3 Å². The first kappa shape index (κ1) is 17.9. The molecule has 0 aliphatic carbocycles. The van der Waals surface area contributed by atoms with Crippen molar-refractivity contribution < 1.29 is 9.53 Å². The molecule has 5 nitrogen and oxygen atoms in total. The monoisotopic (exact) mass is 343 g/mol. The summed E-state index contributed by atoms with van der Waals surface area (Å²) in [6.07, 6.45) is 0. The highest BCUT2D eigenvalue weighted by molar-refractivity contribution is 7.80. The van der Waals surface area contributed by atoms with Crippen LogP contribution in [-0.4, -0.2) is 18.2 Å². The van der Waals surface area contributed by atoms with Crippen molar-refractivity contribution in [2.75, 3.05) is 7.11 Å². The molecule has 24 heavy (non-hydrogen) atoms. The highest BCUT2D eigenvalue weighted by Gasteiger charge is 2.11. The molecule has 1 atom stereocenters. The highest BCUT2D eigenvalue weighted by Crippen LogP contribution is 2.11. The fraction of sp³-hybridized carbons (Fsp3) is 0.222. The Balaban J connectivity index is 1.84. The van der Waals surface area contributed by atoms with Crippen LogP contribution in [0, 0.1) is 0 Å². The minimum Gasteiger partial charge on any atom is -0.465 e. The second-order valence-electron chi connectivity index (χ2n) is 5.23. The van der Waals surface area contributed by atoms with Crippen LogP contribution >= 0.6 is 12.2 Å². The van der Waals surface area contributed by atoms with Crippen LogP contribution in [0.2, 0.25) is 0 Å². The number of thiocarbonyl (C=S) groups is 1. The fourth-order valence-corrected chi connectivity index (χ4v) is 2.51. The Morgan fingerprint density at radius 2 is 1.79 bits per heavy atom. The van der Waals surface area contributed by atoms with Crippen molar-refractivity contribution in [1.29, 1.82) is 0 Å². The van der Waals surface area contributed by atoms with Crippen molar-refractivity contribution in [2.45, 2.75) is 19.5 Å². The molecule has 0 spiro atoms. The van der Waals surface area contributed by atoms with Crippen LogP contribution < -0.4 is 16.2 Å². The van der Waals surface area contributed by atoms with Gasteiger partial charge in [0.2, 0.25) is 0 Å². The van der Waals surface area contributed by atoms with Gasteiger partial charge in [0.25, 0.3) is 0 Å². The molecule has 126 valence electrons. The average Bonchev–Trinajstić information content (AvgIpc) is 2.62. The van der Waals surface area contributed by atoms with Crippen LogP contribution in [0.25, 0.3) is 0 Å². The Morgan fingerprint density at radius 3 is 2.50 bits per heavy atom. The van der Waals surface area contributed by atoms with Gasteiger partial charge in [-0.3, -0.25) is 5.43 Å². The van der Waals surface area contributed by atoms with Gasteiger partial charge < -0.3 is 10.1 Å². The van der Waals surface area contributed by atoms with E-state index in [1.165, 1.54) is 7.11 Å². The van der Waals surface area contributed by atoms with E-state index in [0.29, 0.717) is 17.2 Å². The standard InChI is InChI=1S/C18H21N3O2S/c1-13(14-8-4-3-5-9-14)20-18(24)21-19-12-15-10-6-7-11-16(15)17(22)23-2/h3-11,13,19H,12H2,1-2H3,(H2,20,21,24)/t13-/m1/s1. The number of esters is 1. The fourth-order valence-electron chi connectivity index (χ4n) is 2.26. The number of rotatable bonds is 6. The maximum Gasteiger partial charge on any atom is 0.338 e. The predicted octanol–water partition coefficient (Wildman–Crippen LogP) is 2.70. The number of benzene rings is 2. The molecule has 0 saturated heterocycles. The summed E-state index contributed by atoms with van der Waals surface area (Å²) < 4.78 is 4.78. The molecule has 0 aliphatic rings. The van der Waals surface area contributed by atoms with Gasteiger partial charge in [0.1, 0.15) is 0 Å². The third kappa shape index (κ3) is 5.04. The minimum absolute atomic E-state index is 0.0929. The van der Waals surface area contributed by atoms with Crippen molar-refractivity contribution in [2.24, 2.45) is 0 Å². The third-order valence-corrected chi connectivity index (χ3v) is 3.77. The maximum absolute atomic E-state index is 11.7. The molecule has 0 heterocycles. The lowest BCUT2D eigenvalue weighted by Gasteiger charge is -2.18. The summed E-state index contributed by atoms with van der Waals surface area (Å²) >= 11 is 5.28. The number of methoxy groups -OCH3 is 1. The summed E-state index contributed by atoms with van der Waals surface area (Å²) in [5.74, 6) is -0.356. The lowest BCUT2D eigenvalue weighted by Crippen LogP contribution is -2.44. The van der Waals surface area contributed by atoms with Gasteiger partial charge in [0.15, 0.2) is 5.11 Å². The molecule has 2 rings (SSSR count). The Bertz CT molecular complexity index is 692. The molecular weight excluding hydrogens is 322 g/mol. The first-order valence-corrected chi connectivity index (χ1v) is 8.03. The molecule has 0 aliphatic heterocycles. The number of hydrazine groups is 1. The molecule has 6 heteroatoms. The number of hydrogen-bond donors (Lipinski definition) is 3. The van der Waals surface area contributed by atoms with E-state index in [-0.39, 0.29) is 12.0 Å². The van der Waals surface area contributed by atoms with Crippen LogP contribution in [0.15, 0.2) is 54.6 Å². The number of carbonyl (C=O) groups is 1. The Hall–Kier alpha value is -2.44. The predicted molar refractivity (Wildman–Crippen MR) is 98.3 cm³/mol. The highest BCUT2D eigenvalue weighted by atomic mass is 32.1. The van der Waals surface area contributed by atoms with E-state index in [4.69, 9.17) is 17.0 Å². The second-order valence-corrected chi connectivity index (χ2v) is 5.64. The normalized spacial score (nSPS) is 11.4. The summed E-state index contributed by atoms with van der Waals surface area (Å²) in [6, 6.07) is 17.4. The van der Waals surface area contributed by atoms with Gasteiger partial charge in [-0.05, 0) is 36.3 Å². The second kappa shape index (κ2) is 9.00. The summed E-state index contributed by atoms with van der Waals surface area (Å²) in [5, 5.41) is 3.69. The van der Waals surface area contributed by atoms with E-state index >= 15 is 0 Å². The maximum atomic E-state index is 11.7. The lowest BCUT2D eigenvalue weighted by atomic mass is 10.1. The summed E-state index contributed by atoms with van der Waals surface area (Å²) in [6.45, 7) is 2.47. The van der Waals surface area contributed by atoms with Crippen molar-refractivity contribution in [3.63, 3.8) is 0 Å². The van der Waals surface area contributed by atoms with Gasteiger partial charge in [-0.1, -0.05) is 48.5 Å². The molecule has 2 aromatic rings. The Kier molecular flexibility index (Phi) is 6.72. The van der Waals surface area contributed by atoms with Gasteiger partial charge in [0.05, 0.1) is 18.7 Å². The molecule has 0 unspecified atom stereocenters. The van der Waals surface area contributed by atoms with E-state index in [1.807, 2.05) is 49.4 Å². The Morgan fingerprint density at radius 1 is 1.12 bits per heavy atom. The number of nitrogens with one attached hydrogen (secondary N) is 3. The largest absolute Gasteiger partial charge is 0.465 e. The molecule has 3 N–H and O–H groups in total. The number of hydrogen-bond acceptors (Lipinski definition) is 4. The average molecular weight is 343 g/mol. The van der Waals surface area contributed by atoms with Gasteiger partial charge in [-0.2, -0.15) is 0 Å². The zero-order valence-electron chi connectivity index (χ0n) is 13.7. The smallest absolute Gasteiger partial charge is 0.338 e. The topological polar surface area (TPSA) is 62.4 Å². The van der Waals surface area contributed by atoms with E-state index in [2.05, 4.69) is 16.2 Å². The van der Waals surface area contributed by atoms with Crippen molar-refractivity contribution in [3.05, 3.63) is 71.3 Å². The molecule has 0 radical (unpaired) electrons. The molecule has 0 saturated carbocycles. The first-order valence-electron chi connectivity index (χ1n) is 7.62. The van der Waals surface area contributed by atoms with E-state index in [0.717, 1.165) is 11.1 Å². The van der Waals surface area contributed by atoms with Crippen LogP contribution in [0.1, 0.15) is 34.5 Å². The Labute approximate surface area is 147 Å².